The van der Waals surface area contributed by atoms with Crippen LogP contribution in [0.5, 0.6) is 0 Å². The van der Waals surface area contributed by atoms with Gasteiger partial charge < -0.3 is 48.5 Å². The summed E-state index contributed by atoms with van der Waals surface area (Å²) < 4.78 is 38.9. The lowest BCUT2D eigenvalue weighted by atomic mass is 9.99. The number of aliphatic hydroxyl groups is 3. The molecule has 8 unspecified atom stereocenters. The topological polar surface area (TPSA) is 231 Å². The van der Waals surface area contributed by atoms with Crippen LogP contribution >= 0.6 is 0 Å². The van der Waals surface area contributed by atoms with Crippen molar-refractivity contribution in [1.82, 2.24) is 0 Å². The number of carbonyl (C=O) groups is 6. The lowest BCUT2D eigenvalue weighted by Gasteiger charge is -2.23. The monoisotopic (exact) mass is 1120 g/mol. The van der Waals surface area contributed by atoms with Crippen LogP contribution in [0, 0.1) is 0 Å². The number of unbranched alkanes of at least 4 members (excludes halogenated alkanes) is 21. The van der Waals surface area contributed by atoms with E-state index in [-0.39, 0.29) is 44.7 Å². The standard InChI is InChI=1S/C63H108O16/c1-7-13-16-18-21-31-40-53(77-58(67)10-4)50(64)37-29-25-27-34-43-61(70)73-47-49(48-74-62(71)44-35-28-26-30-38-51(65)54(78-59(68)11-5)41-32-22-19-17-14-8-2)75-63(72)45-36-24-20-23-33-42-56-57(76-56)46-52(66)55(39-15-9-3)79-60(69)12-6/h10-12,49-57,64-66H,4-9,13-48H2,1-3H3. The Hall–Kier alpha value is -4.12. The van der Waals surface area contributed by atoms with Crippen LogP contribution in [0.1, 0.15) is 258 Å². The first-order chi connectivity index (χ1) is 38.2. The van der Waals surface area contributed by atoms with Crippen molar-refractivity contribution >= 4 is 35.8 Å². The third-order valence-corrected chi connectivity index (χ3v) is 14.6. The van der Waals surface area contributed by atoms with Crippen molar-refractivity contribution in [3.8, 4) is 0 Å². The van der Waals surface area contributed by atoms with Crippen molar-refractivity contribution in [2.75, 3.05) is 13.2 Å². The maximum Gasteiger partial charge on any atom is 0.330 e. The fourth-order valence-corrected chi connectivity index (χ4v) is 9.62. The number of hydrogen-bond donors (Lipinski definition) is 3. The average Bonchev–Trinajstić information content (AvgIpc) is 4.22. The van der Waals surface area contributed by atoms with Crippen molar-refractivity contribution < 1.29 is 77.2 Å². The minimum atomic E-state index is -0.983. The molecule has 3 N–H and O–H groups in total. The Morgan fingerprint density at radius 3 is 1.16 bits per heavy atom. The van der Waals surface area contributed by atoms with Crippen LogP contribution < -0.4 is 0 Å². The van der Waals surface area contributed by atoms with Crippen molar-refractivity contribution in [2.45, 2.75) is 313 Å². The largest absolute Gasteiger partial charge is 0.462 e. The van der Waals surface area contributed by atoms with Crippen molar-refractivity contribution in [3.05, 3.63) is 38.0 Å². The minimum Gasteiger partial charge on any atom is -0.462 e. The molecule has 0 saturated carbocycles. The number of epoxide rings is 1. The van der Waals surface area contributed by atoms with Crippen LogP contribution in [0.2, 0.25) is 0 Å². The van der Waals surface area contributed by atoms with Crippen molar-refractivity contribution in [3.63, 3.8) is 0 Å². The molecule has 0 aliphatic carbocycles. The third kappa shape index (κ3) is 39.8. The third-order valence-electron chi connectivity index (χ3n) is 14.6. The fraction of sp³-hybridized carbons (Fsp3) is 0.810. The molecular formula is C63H108O16. The molecular weight excluding hydrogens is 1010 g/mol. The van der Waals surface area contributed by atoms with E-state index in [1.807, 2.05) is 6.92 Å². The predicted molar refractivity (Wildman–Crippen MR) is 307 cm³/mol. The molecule has 8 atom stereocenters. The van der Waals surface area contributed by atoms with E-state index in [9.17, 15) is 44.1 Å². The van der Waals surface area contributed by atoms with E-state index in [0.29, 0.717) is 83.5 Å². The summed E-state index contributed by atoms with van der Waals surface area (Å²) in [7, 11) is 0. The number of carbonyl (C=O) groups excluding carboxylic acids is 6. The summed E-state index contributed by atoms with van der Waals surface area (Å²) in [6, 6.07) is 0. The Kier molecular flexibility index (Phi) is 44.8. The maximum absolute atomic E-state index is 13.0. The van der Waals surface area contributed by atoms with Gasteiger partial charge in [-0.25, -0.2) is 14.4 Å². The van der Waals surface area contributed by atoms with Gasteiger partial charge in [0, 0.05) is 43.9 Å². The molecule has 1 aliphatic heterocycles. The highest BCUT2D eigenvalue weighted by Crippen LogP contribution is 2.33. The Labute approximate surface area is 475 Å². The predicted octanol–water partition coefficient (Wildman–Crippen LogP) is 12.6. The molecule has 0 spiro atoms. The van der Waals surface area contributed by atoms with Crippen LogP contribution in [0.15, 0.2) is 38.0 Å². The van der Waals surface area contributed by atoms with E-state index in [0.717, 1.165) is 127 Å². The van der Waals surface area contributed by atoms with Gasteiger partial charge in [0.25, 0.3) is 0 Å². The van der Waals surface area contributed by atoms with Gasteiger partial charge in [-0.3, -0.25) is 14.4 Å². The highest BCUT2D eigenvalue weighted by atomic mass is 16.6. The first-order valence-electron chi connectivity index (χ1n) is 30.9. The summed E-state index contributed by atoms with van der Waals surface area (Å²) in [6.07, 6.45) is 27.0. The molecule has 1 aliphatic rings. The van der Waals surface area contributed by atoms with Gasteiger partial charge in [-0.1, -0.05) is 175 Å². The first-order valence-corrected chi connectivity index (χ1v) is 30.9. The van der Waals surface area contributed by atoms with Crippen molar-refractivity contribution in [1.29, 1.82) is 0 Å². The lowest BCUT2D eigenvalue weighted by molar-refractivity contribution is -0.167. The van der Waals surface area contributed by atoms with Gasteiger partial charge in [0.1, 0.15) is 31.5 Å². The number of rotatable bonds is 55. The molecule has 1 saturated heterocycles. The summed E-state index contributed by atoms with van der Waals surface area (Å²) in [5, 5.41) is 32.5. The van der Waals surface area contributed by atoms with Crippen LogP contribution in [-0.2, 0) is 61.9 Å². The van der Waals surface area contributed by atoms with Gasteiger partial charge in [0.05, 0.1) is 30.5 Å². The van der Waals surface area contributed by atoms with E-state index < -0.39 is 78.5 Å². The molecule has 16 nitrogen and oxygen atoms in total. The summed E-state index contributed by atoms with van der Waals surface area (Å²) in [6.45, 7) is 16.3. The lowest BCUT2D eigenvalue weighted by Crippen LogP contribution is -2.32. The van der Waals surface area contributed by atoms with E-state index in [2.05, 4.69) is 33.6 Å². The van der Waals surface area contributed by atoms with E-state index in [1.54, 1.807) is 0 Å². The van der Waals surface area contributed by atoms with Gasteiger partial charge in [-0.15, -0.1) is 0 Å². The summed E-state index contributed by atoms with van der Waals surface area (Å²) in [5.74, 6) is -3.05. The van der Waals surface area contributed by atoms with E-state index in [1.165, 1.54) is 25.7 Å². The minimum absolute atomic E-state index is 0.0635. The molecule has 1 heterocycles. The zero-order valence-corrected chi connectivity index (χ0v) is 49.3. The maximum atomic E-state index is 13.0. The first kappa shape index (κ1) is 72.9. The molecule has 0 amide bonds. The Morgan fingerprint density at radius 2 is 0.747 bits per heavy atom. The molecule has 1 rings (SSSR count). The molecule has 16 heteroatoms. The number of hydrogen-bond acceptors (Lipinski definition) is 16. The van der Waals surface area contributed by atoms with Gasteiger partial charge >= 0.3 is 35.8 Å². The Morgan fingerprint density at radius 1 is 0.405 bits per heavy atom. The SMILES string of the molecule is C=CC(=O)OC(CCCCCCCC)C(O)CCCCCCC(=O)OCC(COC(=O)CCCCCCC(O)C(CCCCCCCC)OC(=O)C=C)OC(=O)CCCCCCCC1OC1CC(O)C(CCCC)OC(=O)C=C. The molecule has 1 fully saturated rings. The zero-order chi connectivity index (χ0) is 58.3. The quantitative estimate of drug-likeness (QED) is 0.0169. The van der Waals surface area contributed by atoms with Crippen LogP contribution in [0.25, 0.3) is 0 Å². The molecule has 0 bridgehead atoms. The van der Waals surface area contributed by atoms with Gasteiger partial charge in [0.2, 0.25) is 0 Å². The summed E-state index contributed by atoms with van der Waals surface area (Å²) in [4.78, 5) is 74.4. The van der Waals surface area contributed by atoms with E-state index >= 15 is 0 Å². The number of aliphatic hydroxyl groups excluding tert-OH is 3. The van der Waals surface area contributed by atoms with Crippen LogP contribution in [0.3, 0.4) is 0 Å². The van der Waals surface area contributed by atoms with Gasteiger partial charge in [-0.2, -0.15) is 0 Å². The molecule has 79 heavy (non-hydrogen) atoms. The number of esters is 6. The molecule has 0 aromatic rings. The molecule has 0 aromatic heterocycles. The second kappa shape index (κ2) is 48.6. The fourth-order valence-electron chi connectivity index (χ4n) is 9.62. The van der Waals surface area contributed by atoms with E-state index in [4.69, 9.17) is 33.2 Å². The van der Waals surface area contributed by atoms with Crippen LogP contribution in [0.4, 0.5) is 0 Å². The highest BCUT2D eigenvalue weighted by molar-refractivity contribution is 5.82. The zero-order valence-electron chi connectivity index (χ0n) is 49.3. The summed E-state index contributed by atoms with van der Waals surface area (Å²) in [5.41, 5.74) is 0. The van der Waals surface area contributed by atoms with Crippen molar-refractivity contribution in [2.24, 2.45) is 0 Å². The number of ether oxygens (including phenoxy) is 7. The second-order valence-electron chi connectivity index (χ2n) is 21.6. The van der Waals surface area contributed by atoms with Gasteiger partial charge in [0.15, 0.2) is 6.10 Å². The molecule has 0 radical (unpaired) electrons. The second-order valence-corrected chi connectivity index (χ2v) is 21.6. The average molecular weight is 1120 g/mol. The Balaban J connectivity index is 2.61. The molecule has 0 aromatic carbocycles. The molecule has 456 valence electrons. The van der Waals surface area contributed by atoms with Gasteiger partial charge in [-0.05, 0) is 77.0 Å². The van der Waals surface area contributed by atoms with Crippen LogP contribution in [-0.4, -0.2) is 119 Å². The highest BCUT2D eigenvalue weighted by Gasteiger charge is 2.41. The smallest absolute Gasteiger partial charge is 0.330 e. The Bertz CT molecular complexity index is 1580. The summed E-state index contributed by atoms with van der Waals surface area (Å²) >= 11 is 0. The normalized spacial score (nSPS) is 16.5.